The van der Waals surface area contributed by atoms with Crippen molar-refractivity contribution in [3.05, 3.63) is 0 Å². The number of aliphatic carboxylic acids is 2. The van der Waals surface area contributed by atoms with Gasteiger partial charge in [0.25, 0.3) is 0 Å². The van der Waals surface area contributed by atoms with Crippen molar-refractivity contribution in [2.75, 3.05) is 21.1 Å². The van der Waals surface area contributed by atoms with Gasteiger partial charge in [-0.15, -0.1) is 0 Å². The number of rotatable bonds is 21. The van der Waals surface area contributed by atoms with Crippen LogP contribution in [-0.4, -0.2) is 53.3 Å². The number of likely N-dealkylation sites (N-methyl/N-ethyl adjacent to an activating group) is 1. The Bertz CT molecular complexity index is 459. The molecule has 0 bridgehead atoms. The molecular formula is C25H50NO4+. The van der Waals surface area contributed by atoms with Crippen LogP contribution < -0.4 is 0 Å². The predicted octanol–water partition coefficient (Wildman–Crippen LogP) is 6.64. The molecule has 0 spiro atoms. The number of quaternary nitrogens is 1. The van der Waals surface area contributed by atoms with E-state index >= 15 is 0 Å². The first kappa shape index (κ1) is 28.9. The van der Waals surface area contributed by atoms with Crippen LogP contribution in [-0.2, 0) is 9.59 Å². The third-order valence-electron chi connectivity index (χ3n) is 6.57. The van der Waals surface area contributed by atoms with E-state index in [1.165, 1.54) is 83.5 Å². The summed E-state index contributed by atoms with van der Waals surface area (Å²) in [6.45, 7) is 2.26. The zero-order valence-electron chi connectivity index (χ0n) is 20.4. The van der Waals surface area contributed by atoms with Gasteiger partial charge in [0.1, 0.15) is 6.42 Å². The second-order valence-corrected chi connectivity index (χ2v) is 9.97. The van der Waals surface area contributed by atoms with Gasteiger partial charge in [0.2, 0.25) is 5.54 Å². The molecule has 1 unspecified atom stereocenters. The Morgan fingerprint density at radius 3 is 1.23 bits per heavy atom. The second-order valence-electron chi connectivity index (χ2n) is 9.97. The van der Waals surface area contributed by atoms with Crippen molar-refractivity contribution >= 4 is 11.9 Å². The Balaban J connectivity index is 3.78. The first-order valence-corrected chi connectivity index (χ1v) is 12.4. The molecule has 30 heavy (non-hydrogen) atoms. The maximum Gasteiger partial charge on any atom is 0.366 e. The van der Waals surface area contributed by atoms with Crippen LogP contribution in [0, 0.1) is 0 Å². The van der Waals surface area contributed by atoms with Crippen LogP contribution in [0.4, 0.5) is 0 Å². The second kappa shape index (κ2) is 16.6. The lowest BCUT2D eigenvalue weighted by molar-refractivity contribution is -0.914. The van der Waals surface area contributed by atoms with Gasteiger partial charge < -0.3 is 14.7 Å². The Kier molecular flexibility index (Phi) is 16.0. The lowest BCUT2D eigenvalue weighted by Crippen LogP contribution is -2.62. The van der Waals surface area contributed by atoms with Crippen LogP contribution in [0.3, 0.4) is 0 Å². The van der Waals surface area contributed by atoms with Crippen molar-refractivity contribution in [3.63, 3.8) is 0 Å². The molecule has 0 aliphatic heterocycles. The van der Waals surface area contributed by atoms with E-state index in [0.717, 1.165) is 19.3 Å². The van der Waals surface area contributed by atoms with Gasteiger partial charge in [0, 0.05) is 6.42 Å². The average molecular weight is 429 g/mol. The molecule has 2 N–H and O–H groups in total. The highest BCUT2D eigenvalue weighted by Crippen LogP contribution is 2.30. The molecule has 0 aromatic carbocycles. The van der Waals surface area contributed by atoms with Crippen LogP contribution in [0.15, 0.2) is 0 Å². The SMILES string of the molecule is CCCCCCCCCCCCCCCCCCC(CC(=O)O)(C(=O)O)[N+](C)(C)C. The van der Waals surface area contributed by atoms with E-state index < -0.39 is 17.5 Å². The lowest BCUT2D eigenvalue weighted by atomic mass is 9.85. The van der Waals surface area contributed by atoms with Gasteiger partial charge in [-0.3, -0.25) is 4.79 Å². The van der Waals surface area contributed by atoms with E-state index in [-0.39, 0.29) is 10.9 Å². The highest BCUT2D eigenvalue weighted by Gasteiger charge is 2.51. The summed E-state index contributed by atoms with van der Waals surface area (Å²) in [4.78, 5) is 23.2. The van der Waals surface area contributed by atoms with Gasteiger partial charge in [-0.25, -0.2) is 4.79 Å². The van der Waals surface area contributed by atoms with Crippen molar-refractivity contribution in [3.8, 4) is 0 Å². The molecule has 0 aromatic rings. The number of carbonyl (C=O) groups is 2. The van der Waals surface area contributed by atoms with E-state index in [2.05, 4.69) is 6.92 Å². The first-order chi connectivity index (χ1) is 14.2. The zero-order valence-corrected chi connectivity index (χ0v) is 20.4. The minimum absolute atomic E-state index is 0.132. The molecule has 0 aliphatic carbocycles. The average Bonchev–Trinajstić information content (AvgIpc) is 2.65. The van der Waals surface area contributed by atoms with Gasteiger partial charge in [-0.1, -0.05) is 103 Å². The van der Waals surface area contributed by atoms with Gasteiger partial charge in [-0.05, 0) is 6.42 Å². The summed E-state index contributed by atoms with van der Waals surface area (Å²) in [5.74, 6) is -2.04. The largest absolute Gasteiger partial charge is 0.481 e. The molecule has 0 saturated carbocycles. The number of carboxylic acids is 2. The van der Waals surface area contributed by atoms with E-state index in [1.807, 2.05) is 0 Å². The number of nitrogens with zero attached hydrogens (tertiary/aromatic N) is 1. The predicted molar refractivity (Wildman–Crippen MR) is 125 cm³/mol. The molecule has 5 nitrogen and oxygen atoms in total. The maximum absolute atomic E-state index is 11.9. The van der Waals surface area contributed by atoms with Crippen LogP contribution in [0.2, 0.25) is 0 Å². The molecular weight excluding hydrogens is 378 g/mol. The van der Waals surface area contributed by atoms with Crippen LogP contribution in [0.1, 0.15) is 122 Å². The third-order valence-corrected chi connectivity index (χ3v) is 6.57. The summed E-state index contributed by atoms with van der Waals surface area (Å²) < 4.78 is 0.132. The van der Waals surface area contributed by atoms with Crippen LogP contribution in [0.25, 0.3) is 0 Å². The highest BCUT2D eigenvalue weighted by atomic mass is 16.4. The molecule has 5 heteroatoms. The molecule has 0 aliphatic rings. The smallest absolute Gasteiger partial charge is 0.366 e. The fourth-order valence-electron chi connectivity index (χ4n) is 4.35. The molecule has 0 amide bonds. The van der Waals surface area contributed by atoms with Crippen molar-refractivity contribution in [2.45, 2.75) is 128 Å². The molecule has 0 aromatic heterocycles. The monoisotopic (exact) mass is 428 g/mol. The fourth-order valence-corrected chi connectivity index (χ4v) is 4.35. The van der Waals surface area contributed by atoms with E-state index in [0.29, 0.717) is 6.42 Å². The molecule has 0 radical (unpaired) electrons. The summed E-state index contributed by atoms with van der Waals surface area (Å²) in [5, 5.41) is 19.0. The van der Waals surface area contributed by atoms with Crippen molar-refractivity contribution in [2.24, 2.45) is 0 Å². The summed E-state index contributed by atoms with van der Waals surface area (Å²) in [6, 6.07) is 0. The van der Waals surface area contributed by atoms with Gasteiger partial charge >= 0.3 is 11.9 Å². The number of hydrogen-bond acceptors (Lipinski definition) is 2. The standard InChI is InChI=1S/C25H49NO4/c1-5-6-7-8-9-10-11-12-13-14-15-16-17-18-19-20-21-25(24(29)30,22-23(27)28)26(2,3)4/h5-22H2,1-4H3,(H-,27,28,29,30)/p+1. The van der Waals surface area contributed by atoms with Gasteiger partial charge in [0.05, 0.1) is 21.1 Å². The first-order valence-electron chi connectivity index (χ1n) is 12.4. The molecule has 0 rings (SSSR count). The quantitative estimate of drug-likeness (QED) is 0.159. The Hall–Kier alpha value is -1.10. The van der Waals surface area contributed by atoms with E-state index in [4.69, 9.17) is 0 Å². The number of unbranched alkanes of at least 4 members (excludes halogenated alkanes) is 15. The summed E-state index contributed by atoms with van der Waals surface area (Å²) in [5.41, 5.74) is -1.25. The number of hydrogen-bond donors (Lipinski definition) is 2. The van der Waals surface area contributed by atoms with Gasteiger partial charge in [0.15, 0.2) is 0 Å². The Labute approximate surface area is 185 Å². The van der Waals surface area contributed by atoms with Crippen LogP contribution >= 0.6 is 0 Å². The molecule has 0 heterocycles. The normalized spacial score (nSPS) is 13.9. The molecule has 178 valence electrons. The highest BCUT2D eigenvalue weighted by molar-refractivity contribution is 5.83. The molecule has 0 saturated heterocycles. The lowest BCUT2D eigenvalue weighted by Gasteiger charge is -2.42. The van der Waals surface area contributed by atoms with E-state index in [1.54, 1.807) is 21.1 Å². The Morgan fingerprint density at radius 1 is 0.633 bits per heavy atom. The molecule has 1 atom stereocenters. The Morgan fingerprint density at radius 2 is 0.967 bits per heavy atom. The number of carboxylic acid groups (broad SMARTS) is 2. The van der Waals surface area contributed by atoms with Gasteiger partial charge in [-0.2, -0.15) is 0 Å². The van der Waals surface area contributed by atoms with Crippen LogP contribution in [0.5, 0.6) is 0 Å². The summed E-state index contributed by atoms with van der Waals surface area (Å²) in [6.07, 6.45) is 20.5. The minimum atomic E-state index is -1.25. The van der Waals surface area contributed by atoms with Crippen molar-refractivity contribution < 1.29 is 24.3 Å². The fraction of sp³-hybridized carbons (Fsp3) is 0.920. The van der Waals surface area contributed by atoms with E-state index in [9.17, 15) is 19.8 Å². The topological polar surface area (TPSA) is 74.6 Å². The summed E-state index contributed by atoms with van der Waals surface area (Å²) >= 11 is 0. The maximum atomic E-state index is 11.9. The zero-order chi connectivity index (χ0) is 22.9. The summed E-state index contributed by atoms with van der Waals surface area (Å²) in [7, 11) is 5.34. The minimum Gasteiger partial charge on any atom is -0.481 e. The third kappa shape index (κ3) is 12.6. The molecule has 0 fully saturated rings. The van der Waals surface area contributed by atoms with Crippen molar-refractivity contribution in [1.82, 2.24) is 0 Å². The van der Waals surface area contributed by atoms with Crippen molar-refractivity contribution in [1.29, 1.82) is 0 Å².